The first-order valence-electron chi connectivity index (χ1n) is 5.64. The fourth-order valence-corrected chi connectivity index (χ4v) is 2.46. The molecule has 1 unspecified atom stereocenters. The highest BCUT2D eigenvalue weighted by atomic mass is 79.9. The lowest BCUT2D eigenvalue weighted by molar-refractivity contribution is 0.179. The van der Waals surface area contributed by atoms with Crippen molar-refractivity contribution in [1.29, 1.82) is 0 Å². The van der Waals surface area contributed by atoms with Gasteiger partial charge in [0.2, 0.25) is 0 Å². The van der Waals surface area contributed by atoms with E-state index in [0.29, 0.717) is 27.2 Å². The highest BCUT2D eigenvalue weighted by molar-refractivity contribution is 9.10. The van der Waals surface area contributed by atoms with Crippen molar-refractivity contribution in [3.63, 3.8) is 0 Å². The van der Waals surface area contributed by atoms with Crippen LogP contribution >= 0.6 is 27.5 Å². The molecule has 0 spiro atoms. The van der Waals surface area contributed by atoms with Crippen LogP contribution in [0.1, 0.15) is 17.2 Å². The van der Waals surface area contributed by atoms with Crippen molar-refractivity contribution in [2.45, 2.75) is 12.5 Å². The average molecular weight is 345 g/mol. The van der Waals surface area contributed by atoms with E-state index in [1.807, 2.05) is 0 Å². The van der Waals surface area contributed by atoms with E-state index in [2.05, 4.69) is 15.9 Å². The number of aliphatic hydroxyl groups is 1. The molecule has 0 heterocycles. The van der Waals surface area contributed by atoms with Crippen LogP contribution in [0, 0.1) is 5.82 Å². The molecular formula is C14H12BrClFNO. The molecule has 0 aromatic heterocycles. The van der Waals surface area contributed by atoms with Gasteiger partial charge in [0.05, 0.1) is 10.6 Å². The van der Waals surface area contributed by atoms with Gasteiger partial charge in [0, 0.05) is 22.7 Å². The molecular weight excluding hydrogens is 333 g/mol. The third kappa shape index (κ3) is 3.47. The number of hydrogen-bond donors (Lipinski definition) is 2. The summed E-state index contributed by atoms with van der Waals surface area (Å²) in [7, 11) is 0. The fraction of sp³-hybridized carbons (Fsp3) is 0.143. The lowest BCUT2D eigenvalue weighted by Crippen LogP contribution is -2.05. The van der Waals surface area contributed by atoms with Gasteiger partial charge in [-0.3, -0.25) is 0 Å². The molecule has 5 heteroatoms. The van der Waals surface area contributed by atoms with Crippen LogP contribution in [0.4, 0.5) is 10.1 Å². The molecule has 2 rings (SSSR count). The molecule has 0 aliphatic heterocycles. The largest absolute Gasteiger partial charge is 0.398 e. The predicted octanol–water partition coefficient (Wildman–Crippen LogP) is 4.10. The minimum absolute atomic E-state index is 0.329. The van der Waals surface area contributed by atoms with Crippen molar-refractivity contribution >= 4 is 33.2 Å². The molecule has 2 aromatic rings. The van der Waals surface area contributed by atoms with Gasteiger partial charge >= 0.3 is 0 Å². The molecule has 0 saturated carbocycles. The Labute approximate surface area is 124 Å². The van der Waals surface area contributed by atoms with E-state index in [4.69, 9.17) is 17.3 Å². The third-order valence-electron chi connectivity index (χ3n) is 2.82. The quantitative estimate of drug-likeness (QED) is 0.824. The Morgan fingerprint density at radius 2 is 2.00 bits per heavy atom. The lowest BCUT2D eigenvalue weighted by atomic mass is 10.00. The van der Waals surface area contributed by atoms with Crippen molar-refractivity contribution in [1.82, 2.24) is 0 Å². The molecule has 19 heavy (non-hydrogen) atoms. The maximum Gasteiger partial charge on any atom is 0.137 e. The lowest BCUT2D eigenvalue weighted by Gasteiger charge is -2.14. The van der Waals surface area contributed by atoms with Crippen LogP contribution in [-0.4, -0.2) is 5.11 Å². The van der Waals surface area contributed by atoms with Crippen LogP contribution < -0.4 is 5.73 Å². The fourth-order valence-electron chi connectivity index (χ4n) is 1.85. The second kappa shape index (κ2) is 5.90. The van der Waals surface area contributed by atoms with Gasteiger partial charge in [0.25, 0.3) is 0 Å². The summed E-state index contributed by atoms with van der Waals surface area (Å²) in [6, 6.07) is 9.61. The minimum Gasteiger partial charge on any atom is -0.398 e. The number of benzene rings is 2. The molecule has 3 N–H and O–H groups in total. The van der Waals surface area contributed by atoms with Gasteiger partial charge in [-0.25, -0.2) is 4.39 Å². The van der Waals surface area contributed by atoms with E-state index in [1.54, 1.807) is 30.3 Å². The molecule has 1 atom stereocenters. The van der Waals surface area contributed by atoms with E-state index in [1.165, 1.54) is 6.07 Å². The molecule has 0 bridgehead atoms. The van der Waals surface area contributed by atoms with E-state index < -0.39 is 6.10 Å². The van der Waals surface area contributed by atoms with Crippen LogP contribution in [0.2, 0.25) is 5.02 Å². The van der Waals surface area contributed by atoms with E-state index in [9.17, 15) is 9.50 Å². The highest BCUT2D eigenvalue weighted by Gasteiger charge is 2.13. The summed E-state index contributed by atoms with van der Waals surface area (Å²) >= 11 is 8.93. The van der Waals surface area contributed by atoms with Gasteiger partial charge in [-0.1, -0.05) is 23.7 Å². The average Bonchev–Trinajstić information content (AvgIpc) is 2.33. The predicted molar refractivity (Wildman–Crippen MR) is 78.6 cm³/mol. The Morgan fingerprint density at radius 1 is 1.26 bits per heavy atom. The SMILES string of the molecule is Nc1cc(Cl)ccc1C(O)Cc1ccc(F)c(Br)c1. The number of nitrogens with two attached hydrogens (primary N) is 1. The summed E-state index contributed by atoms with van der Waals surface area (Å²) in [4.78, 5) is 0. The summed E-state index contributed by atoms with van der Waals surface area (Å²) in [6.45, 7) is 0. The van der Waals surface area contributed by atoms with Crippen molar-refractivity contribution in [3.8, 4) is 0 Å². The van der Waals surface area contributed by atoms with Crippen LogP contribution in [0.15, 0.2) is 40.9 Å². The molecule has 2 aromatic carbocycles. The molecule has 2 nitrogen and oxygen atoms in total. The molecule has 0 saturated heterocycles. The number of rotatable bonds is 3. The first-order chi connectivity index (χ1) is 8.97. The second-order valence-electron chi connectivity index (χ2n) is 4.24. The highest BCUT2D eigenvalue weighted by Crippen LogP contribution is 2.27. The standard InChI is InChI=1S/C14H12BrClFNO/c15-11-5-8(1-4-12(11)17)6-14(19)10-3-2-9(16)7-13(10)18/h1-5,7,14,19H,6,18H2. The number of halogens is 3. The van der Waals surface area contributed by atoms with Crippen molar-refractivity contribution in [2.24, 2.45) is 0 Å². The zero-order chi connectivity index (χ0) is 14.0. The summed E-state index contributed by atoms with van der Waals surface area (Å²) in [6.07, 6.45) is -0.403. The Balaban J connectivity index is 2.20. The monoisotopic (exact) mass is 343 g/mol. The first-order valence-corrected chi connectivity index (χ1v) is 6.81. The van der Waals surface area contributed by atoms with Crippen LogP contribution in [0.5, 0.6) is 0 Å². The number of hydrogen-bond acceptors (Lipinski definition) is 2. The summed E-state index contributed by atoms with van der Waals surface area (Å²) in [5.74, 6) is -0.329. The molecule has 100 valence electrons. The number of anilines is 1. The molecule has 0 aliphatic rings. The topological polar surface area (TPSA) is 46.2 Å². The van der Waals surface area contributed by atoms with Crippen molar-refractivity contribution in [2.75, 3.05) is 5.73 Å². The van der Waals surface area contributed by atoms with Gasteiger partial charge in [-0.2, -0.15) is 0 Å². The third-order valence-corrected chi connectivity index (χ3v) is 3.66. The van der Waals surface area contributed by atoms with Gasteiger partial charge in [0.15, 0.2) is 0 Å². The van der Waals surface area contributed by atoms with Crippen LogP contribution in [-0.2, 0) is 6.42 Å². The van der Waals surface area contributed by atoms with Crippen LogP contribution in [0.3, 0.4) is 0 Å². The zero-order valence-electron chi connectivity index (χ0n) is 9.91. The van der Waals surface area contributed by atoms with Crippen LogP contribution in [0.25, 0.3) is 0 Å². The molecule has 0 amide bonds. The van der Waals surface area contributed by atoms with Gasteiger partial charge in [-0.05, 0) is 45.8 Å². The zero-order valence-corrected chi connectivity index (χ0v) is 12.2. The minimum atomic E-state index is -0.755. The second-order valence-corrected chi connectivity index (χ2v) is 5.53. The van der Waals surface area contributed by atoms with Gasteiger partial charge in [0.1, 0.15) is 5.82 Å². The Kier molecular flexibility index (Phi) is 4.45. The number of aliphatic hydroxyl groups excluding tert-OH is 1. The Hall–Kier alpha value is -1.10. The Morgan fingerprint density at radius 3 is 2.63 bits per heavy atom. The molecule has 0 fully saturated rings. The first kappa shape index (κ1) is 14.3. The smallest absolute Gasteiger partial charge is 0.137 e. The van der Waals surface area contributed by atoms with Gasteiger partial charge < -0.3 is 10.8 Å². The van der Waals surface area contributed by atoms with Gasteiger partial charge in [-0.15, -0.1) is 0 Å². The maximum atomic E-state index is 13.1. The van der Waals surface area contributed by atoms with E-state index in [-0.39, 0.29) is 5.82 Å². The summed E-state index contributed by atoms with van der Waals surface area (Å²) < 4.78 is 13.5. The van der Waals surface area contributed by atoms with E-state index in [0.717, 1.165) is 5.56 Å². The molecule has 0 aliphatic carbocycles. The summed E-state index contributed by atoms with van der Waals surface area (Å²) in [5, 5.41) is 10.7. The molecule has 0 radical (unpaired) electrons. The van der Waals surface area contributed by atoms with Crippen molar-refractivity contribution < 1.29 is 9.50 Å². The maximum absolute atomic E-state index is 13.1. The Bertz CT molecular complexity index is 606. The van der Waals surface area contributed by atoms with Crippen molar-refractivity contribution in [3.05, 3.63) is 62.8 Å². The van der Waals surface area contributed by atoms with E-state index >= 15 is 0 Å². The number of nitrogen functional groups attached to an aromatic ring is 1. The summed E-state index contributed by atoms with van der Waals surface area (Å²) in [5.41, 5.74) is 7.69. The normalized spacial score (nSPS) is 12.4.